The Kier molecular flexibility index (Phi) is 6.18. The number of H-pyrrole nitrogens is 1. The summed E-state index contributed by atoms with van der Waals surface area (Å²) >= 11 is 0. The number of anilines is 1. The van der Waals surface area contributed by atoms with Crippen molar-refractivity contribution in [3.05, 3.63) is 112 Å². The van der Waals surface area contributed by atoms with E-state index in [1.54, 1.807) is 6.21 Å². The van der Waals surface area contributed by atoms with Crippen LogP contribution >= 0.6 is 0 Å². The molecule has 6 nitrogen and oxygen atoms in total. The Labute approximate surface area is 180 Å². The third-order valence-corrected chi connectivity index (χ3v) is 4.62. The molecule has 4 rings (SSSR count). The van der Waals surface area contributed by atoms with Crippen molar-refractivity contribution in [1.29, 1.82) is 0 Å². The van der Waals surface area contributed by atoms with Crippen LogP contribution in [0.15, 0.2) is 94.8 Å². The summed E-state index contributed by atoms with van der Waals surface area (Å²) in [6, 6.07) is 26.8. The number of hydrogen-bond donors (Lipinski definition) is 2. The molecule has 0 unspecified atom stereocenters. The Morgan fingerprint density at radius 1 is 1.00 bits per heavy atom. The predicted octanol–water partition coefficient (Wildman–Crippen LogP) is 4.77. The van der Waals surface area contributed by atoms with Gasteiger partial charge in [-0.15, -0.1) is 0 Å². The number of ether oxygens (including phenoxy) is 1. The molecule has 2 N–H and O–H groups in total. The van der Waals surface area contributed by atoms with E-state index in [4.69, 9.17) is 4.74 Å². The summed E-state index contributed by atoms with van der Waals surface area (Å²) in [5, 5.41) is 4.23. The molecule has 0 atom stereocenters. The van der Waals surface area contributed by atoms with Gasteiger partial charge < -0.3 is 4.74 Å². The molecule has 1 heterocycles. The van der Waals surface area contributed by atoms with Crippen LogP contribution in [0.5, 0.6) is 5.75 Å². The van der Waals surface area contributed by atoms with Gasteiger partial charge in [0.2, 0.25) is 5.95 Å². The normalized spacial score (nSPS) is 10.9. The monoisotopic (exact) mass is 410 g/mol. The van der Waals surface area contributed by atoms with Gasteiger partial charge in [0.1, 0.15) is 12.4 Å². The van der Waals surface area contributed by atoms with Gasteiger partial charge in [0, 0.05) is 17.2 Å². The molecule has 1 aromatic heterocycles. The number of aryl methyl sites for hydroxylation is 1. The average molecular weight is 410 g/mol. The lowest BCUT2D eigenvalue weighted by Gasteiger charge is -2.09. The number of rotatable bonds is 7. The maximum absolute atomic E-state index is 12.0. The summed E-state index contributed by atoms with van der Waals surface area (Å²) in [4.78, 5) is 19.1. The number of hydrazone groups is 1. The van der Waals surface area contributed by atoms with Gasteiger partial charge >= 0.3 is 0 Å². The van der Waals surface area contributed by atoms with Gasteiger partial charge in [0.15, 0.2) is 0 Å². The standard InChI is InChI=1S/C25H22N4O2/c1-18-11-13-19(14-12-18)17-31-23-10-6-5-9-21(23)16-26-29-25-27-22(15-24(30)28-25)20-7-3-2-4-8-20/h2-16H,17H2,1H3,(H2,27,28,29,30)/b26-16-. The summed E-state index contributed by atoms with van der Waals surface area (Å²) in [5.41, 5.74) is 7.09. The molecular weight excluding hydrogens is 388 g/mol. The first-order valence-corrected chi connectivity index (χ1v) is 9.90. The van der Waals surface area contributed by atoms with Crippen molar-refractivity contribution in [3.8, 4) is 17.0 Å². The third kappa shape index (κ3) is 5.45. The molecule has 0 aliphatic rings. The van der Waals surface area contributed by atoms with E-state index in [1.807, 2.05) is 54.6 Å². The molecule has 0 fully saturated rings. The van der Waals surface area contributed by atoms with Gasteiger partial charge in [-0.05, 0) is 24.6 Å². The molecule has 0 aliphatic heterocycles. The van der Waals surface area contributed by atoms with Gasteiger partial charge in [-0.1, -0.05) is 72.3 Å². The minimum absolute atomic E-state index is 0.256. The maximum atomic E-state index is 12.0. The molecule has 0 saturated carbocycles. The number of aromatic nitrogens is 2. The van der Waals surface area contributed by atoms with Crippen molar-refractivity contribution >= 4 is 12.2 Å². The molecule has 154 valence electrons. The molecule has 31 heavy (non-hydrogen) atoms. The Morgan fingerprint density at radius 2 is 1.74 bits per heavy atom. The lowest BCUT2D eigenvalue weighted by molar-refractivity contribution is 0.306. The molecule has 6 heteroatoms. The number of nitrogens with zero attached hydrogens (tertiary/aromatic N) is 2. The highest BCUT2D eigenvalue weighted by atomic mass is 16.5. The lowest BCUT2D eigenvalue weighted by Crippen LogP contribution is -2.10. The van der Waals surface area contributed by atoms with Gasteiger partial charge in [-0.2, -0.15) is 5.10 Å². The second-order valence-corrected chi connectivity index (χ2v) is 7.03. The van der Waals surface area contributed by atoms with E-state index < -0.39 is 0 Å². The zero-order valence-electron chi connectivity index (χ0n) is 17.1. The SMILES string of the molecule is Cc1ccc(COc2ccccc2/C=N\Nc2nc(-c3ccccc3)cc(=O)[nH]2)cc1. The van der Waals surface area contributed by atoms with Gasteiger partial charge in [-0.25, -0.2) is 10.4 Å². The number of aromatic amines is 1. The van der Waals surface area contributed by atoms with Crippen LogP contribution in [-0.2, 0) is 6.61 Å². The van der Waals surface area contributed by atoms with Crippen molar-refractivity contribution in [2.24, 2.45) is 5.10 Å². The van der Waals surface area contributed by atoms with Crippen LogP contribution in [0.2, 0.25) is 0 Å². The molecule has 0 spiro atoms. The molecule has 0 aliphatic carbocycles. The molecule has 0 bridgehead atoms. The minimum Gasteiger partial charge on any atom is -0.488 e. The fourth-order valence-corrected chi connectivity index (χ4v) is 2.99. The quantitative estimate of drug-likeness (QED) is 0.340. The van der Waals surface area contributed by atoms with Crippen molar-refractivity contribution in [2.75, 3.05) is 5.43 Å². The predicted molar refractivity (Wildman–Crippen MR) is 123 cm³/mol. The highest BCUT2D eigenvalue weighted by molar-refractivity contribution is 5.83. The number of nitrogens with one attached hydrogen (secondary N) is 2. The summed E-state index contributed by atoms with van der Waals surface area (Å²) in [6.07, 6.45) is 1.64. The fraction of sp³-hybridized carbons (Fsp3) is 0.0800. The van der Waals surface area contributed by atoms with E-state index in [0.717, 1.165) is 16.7 Å². The zero-order chi connectivity index (χ0) is 21.5. The summed E-state index contributed by atoms with van der Waals surface area (Å²) < 4.78 is 5.97. The number of para-hydroxylation sites is 1. The van der Waals surface area contributed by atoms with E-state index in [-0.39, 0.29) is 11.5 Å². The summed E-state index contributed by atoms with van der Waals surface area (Å²) in [5.74, 6) is 0.980. The van der Waals surface area contributed by atoms with Gasteiger partial charge in [0.25, 0.3) is 5.56 Å². The molecule has 0 saturated heterocycles. The Hall–Kier alpha value is -4.19. The maximum Gasteiger partial charge on any atom is 0.252 e. The highest BCUT2D eigenvalue weighted by Crippen LogP contribution is 2.18. The van der Waals surface area contributed by atoms with Gasteiger partial charge in [0.05, 0.1) is 11.9 Å². The van der Waals surface area contributed by atoms with E-state index in [0.29, 0.717) is 18.1 Å². The summed E-state index contributed by atoms with van der Waals surface area (Å²) in [6.45, 7) is 2.52. The summed E-state index contributed by atoms with van der Waals surface area (Å²) in [7, 11) is 0. The van der Waals surface area contributed by atoms with E-state index in [1.165, 1.54) is 11.6 Å². The number of hydrogen-bond acceptors (Lipinski definition) is 5. The topological polar surface area (TPSA) is 79.4 Å². The largest absolute Gasteiger partial charge is 0.488 e. The first kappa shape index (κ1) is 20.1. The molecule has 3 aromatic carbocycles. The molecular formula is C25H22N4O2. The van der Waals surface area contributed by atoms with E-state index in [9.17, 15) is 4.79 Å². The van der Waals surface area contributed by atoms with Crippen LogP contribution in [0, 0.1) is 6.92 Å². The van der Waals surface area contributed by atoms with E-state index >= 15 is 0 Å². The highest BCUT2D eigenvalue weighted by Gasteiger charge is 2.04. The lowest BCUT2D eigenvalue weighted by atomic mass is 10.1. The van der Waals surface area contributed by atoms with Crippen LogP contribution in [0.1, 0.15) is 16.7 Å². The Balaban J connectivity index is 1.46. The van der Waals surface area contributed by atoms with Crippen LogP contribution in [0.25, 0.3) is 11.3 Å². The first-order valence-electron chi connectivity index (χ1n) is 9.90. The van der Waals surface area contributed by atoms with Crippen molar-refractivity contribution in [3.63, 3.8) is 0 Å². The molecule has 0 amide bonds. The second-order valence-electron chi connectivity index (χ2n) is 7.03. The zero-order valence-corrected chi connectivity index (χ0v) is 17.1. The second kappa shape index (κ2) is 9.54. The smallest absolute Gasteiger partial charge is 0.252 e. The van der Waals surface area contributed by atoms with Crippen molar-refractivity contribution in [2.45, 2.75) is 13.5 Å². The first-order chi connectivity index (χ1) is 15.2. The van der Waals surface area contributed by atoms with Gasteiger partial charge in [-0.3, -0.25) is 9.78 Å². The molecule has 4 aromatic rings. The average Bonchev–Trinajstić information content (AvgIpc) is 2.80. The van der Waals surface area contributed by atoms with Crippen LogP contribution in [0.3, 0.4) is 0 Å². The van der Waals surface area contributed by atoms with E-state index in [2.05, 4.69) is 51.7 Å². The Bertz CT molecular complexity index is 1230. The van der Waals surface area contributed by atoms with Crippen LogP contribution in [0.4, 0.5) is 5.95 Å². The Morgan fingerprint density at radius 3 is 2.55 bits per heavy atom. The fourth-order valence-electron chi connectivity index (χ4n) is 2.99. The molecule has 0 radical (unpaired) electrons. The number of benzene rings is 3. The van der Waals surface area contributed by atoms with Crippen LogP contribution in [-0.4, -0.2) is 16.2 Å². The van der Waals surface area contributed by atoms with Crippen LogP contribution < -0.4 is 15.7 Å². The van der Waals surface area contributed by atoms with Crippen molar-refractivity contribution < 1.29 is 4.74 Å². The van der Waals surface area contributed by atoms with Crippen molar-refractivity contribution in [1.82, 2.24) is 9.97 Å². The third-order valence-electron chi connectivity index (χ3n) is 4.62. The minimum atomic E-state index is -0.256.